The van der Waals surface area contributed by atoms with E-state index in [-0.39, 0.29) is 11.8 Å². The summed E-state index contributed by atoms with van der Waals surface area (Å²) in [4.78, 5) is 25.1. The van der Waals surface area contributed by atoms with Crippen LogP contribution in [0.4, 0.5) is 5.69 Å². The highest BCUT2D eigenvalue weighted by atomic mass is 16.5. The Morgan fingerprint density at radius 1 is 1.08 bits per heavy atom. The minimum Gasteiger partial charge on any atom is -0.497 e. The molecule has 6 heteroatoms. The summed E-state index contributed by atoms with van der Waals surface area (Å²) in [6, 6.07) is 16.0. The summed E-state index contributed by atoms with van der Waals surface area (Å²) in [5, 5.41) is 14.4. The minimum absolute atomic E-state index is 0.264. The van der Waals surface area contributed by atoms with Gasteiger partial charge in [-0.3, -0.25) is 9.59 Å². The van der Waals surface area contributed by atoms with E-state index in [0.717, 1.165) is 11.3 Å². The number of methoxy groups -OCH3 is 1. The van der Waals surface area contributed by atoms with Crippen LogP contribution in [0.25, 0.3) is 0 Å². The maximum Gasteiger partial charge on any atom is 0.240 e. The molecule has 26 heavy (non-hydrogen) atoms. The average Bonchev–Trinajstić information content (AvgIpc) is 3.49. The number of hydrogen-bond donors (Lipinski definition) is 2. The number of carbonyl (C=O) groups excluding carboxylic acids is 2. The first-order chi connectivity index (χ1) is 12.6. The summed E-state index contributed by atoms with van der Waals surface area (Å²) in [6.07, 6.45) is 1.06. The van der Waals surface area contributed by atoms with E-state index in [1.54, 1.807) is 31.4 Å². The lowest BCUT2D eigenvalue weighted by Crippen LogP contribution is -2.39. The summed E-state index contributed by atoms with van der Waals surface area (Å²) in [5.41, 5.74) is 1.02. The maximum atomic E-state index is 12.5. The van der Waals surface area contributed by atoms with Crippen molar-refractivity contribution < 1.29 is 14.3 Å². The van der Waals surface area contributed by atoms with Crippen molar-refractivity contribution in [2.45, 2.75) is 19.4 Å². The van der Waals surface area contributed by atoms with Gasteiger partial charge in [0.1, 0.15) is 11.2 Å². The Hall–Kier alpha value is -3.33. The third-order valence-corrected chi connectivity index (χ3v) is 4.50. The van der Waals surface area contributed by atoms with Crippen molar-refractivity contribution in [1.82, 2.24) is 5.32 Å². The molecule has 0 spiro atoms. The molecule has 0 saturated heterocycles. The molecule has 2 N–H and O–H groups in total. The minimum atomic E-state index is -1.000. The molecule has 132 valence electrons. The van der Waals surface area contributed by atoms with E-state index in [0.29, 0.717) is 30.6 Å². The first-order valence-electron chi connectivity index (χ1n) is 8.30. The molecule has 1 aliphatic carbocycles. The fraction of sp³-hybridized carbons (Fsp3) is 0.250. The molecular weight excluding hydrogens is 330 g/mol. The topological polar surface area (TPSA) is 91.2 Å². The van der Waals surface area contributed by atoms with Crippen molar-refractivity contribution in [2.24, 2.45) is 5.41 Å². The quantitative estimate of drug-likeness (QED) is 0.784. The number of amides is 2. The van der Waals surface area contributed by atoms with Gasteiger partial charge in [-0.2, -0.15) is 5.26 Å². The fourth-order valence-electron chi connectivity index (χ4n) is 2.66. The van der Waals surface area contributed by atoms with Gasteiger partial charge in [0.15, 0.2) is 0 Å². The van der Waals surface area contributed by atoms with E-state index in [1.165, 1.54) is 0 Å². The Labute approximate surface area is 151 Å². The Bertz CT molecular complexity index is 847. The number of hydrogen-bond acceptors (Lipinski definition) is 4. The molecule has 1 fully saturated rings. The zero-order valence-corrected chi connectivity index (χ0v) is 14.4. The Kier molecular flexibility index (Phi) is 4.90. The first-order valence-corrected chi connectivity index (χ1v) is 8.30. The van der Waals surface area contributed by atoms with Crippen LogP contribution in [0, 0.1) is 16.7 Å². The van der Waals surface area contributed by atoms with Crippen LogP contribution in [0.15, 0.2) is 48.5 Å². The second kappa shape index (κ2) is 7.28. The van der Waals surface area contributed by atoms with Gasteiger partial charge in [-0.1, -0.05) is 12.1 Å². The SMILES string of the molecule is COc1ccc(CNC(=O)C2(C(=O)Nc3ccc(C#N)cc3)CC2)cc1. The maximum absolute atomic E-state index is 12.5. The number of benzene rings is 2. The largest absolute Gasteiger partial charge is 0.497 e. The van der Waals surface area contributed by atoms with Crippen LogP contribution in [0.1, 0.15) is 24.0 Å². The predicted octanol–water partition coefficient (Wildman–Crippen LogP) is 2.60. The Morgan fingerprint density at radius 2 is 1.73 bits per heavy atom. The zero-order chi connectivity index (χ0) is 18.6. The van der Waals surface area contributed by atoms with E-state index < -0.39 is 5.41 Å². The van der Waals surface area contributed by atoms with Crippen molar-refractivity contribution >= 4 is 17.5 Å². The van der Waals surface area contributed by atoms with Gasteiger partial charge < -0.3 is 15.4 Å². The van der Waals surface area contributed by atoms with Crippen LogP contribution in [0.5, 0.6) is 5.75 Å². The molecule has 0 heterocycles. The van der Waals surface area contributed by atoms with Gasteiger partial charge in [-0.15, -0.1) is 0 Å². The van der Waals surface area contributed by atoms with Crippen LogP contribution < -0.4 is 15.4 Å². The van der Waals surface area contributed by atoms with Crippen molar-refractivity contribution in [2.75, 3.05) is 12.4 Å². The van der Waals surface area contributed by atoms with E-state index in [4.69, 9.17) is 10.00 Å². The van der Waals surface area contributed by atoms with Crippen LogP contribution in [-0.2, 0) is 16.1 Å². The molecular formula is C20H19N3O3. The van der Waals surface area contributed by atoms with Crippen molar-refractivity contribution in [1.29, 1.82) is 5.26 Å². The number of carbonyl (C=O) groups is 2. The second-order valence-corrected chi connectivity index (χ2v) is 6.26. The van der Waals surface area contributed by atoms with Crippen LogP contribution in [0.3, 0.4) is 0 Å². The molecule has 2 aromatic carbocycles. The van der Waals surface area contributed by atoms with Gasteiger partial charge >= 0.3 is 0 Å². The summed E-state index contributed by atoms with van der Waals surface area (Å²) >= 11 is 0. The standard InChI is InChI=1S/C20H19N3O3/c1-26-17-8-4-15(5-9-17)13-22-18(24)20(10-11-20)19(25)23-16-6-2-14(12-21)3-7-16/h2-9H,10-11,13H2,1H3,(H,22,24)(H,23,25). The highest BCUT2D eigenvalue weighted by Gasteiger charge is 2.56. The lowest BCUT2D eigenvalue weighted by Gasteiger charge is -2.15. The summed E-state index contributed by atoms with van der Waals surface area (Å²) in [6.45, 7) is 0.356. The second-order valence-electron chi connectivity index (χ2n) is 6.26. The molecule has 6 nitrogen and oxygen atoms in total. The van der Waals surface area contributed by atoms with E-state index >= 15 is 0 Å². The predicted molar refractivity (Wildman–Crippen MR) is 96.3 cm³/mol. The number of nitriles is 1. The Morgan fingerprint density at radius 3 is 2.27 bits per heavy atom. The van der Waals surface area contributed by atoms with Gasteiger partial charge in [0.25, 0.3) is 0 Å². The molecule has 0 aliphatic heterocycles. The fourth-order valence-corrected chi connectivity index (χ4v) is 2.66. The molecule has 0 radical (unpaired) electrons. The molecule has 3 rings (SSSR count). The molecule has 0 atom stereocenters. The van der Waals surface area contributed by atoms with Gasteiger partial charge in [0.05, 0.1) is 18.7 Å². The van der Waals surface area contributed by atoms with Crippen LogP contribution in [0.2, 0.25) is 0 Å². The van der Waals surface area contributed by atoms with Gasteiger partial charge in [-0.05, 0) is 54.8 Å². The number of nitrogens with one attached hydrogen (secondary N) is 2. The molecule has 0 aromatic heterocycles. The summed E-state index contributed by atoms with van der Waals surface area (Å²) in [7, 11) is 1.60. The molecule has 1 aliphatic rings. The van der Waals surface area contributed by atoms with Crippen molar-refractivity contribution in [3.8, 4) is 11.8 Å². The van der Waals surface area contributed by atoms with Gasteiger partial charge in [0.2, 0.25) is 11.8 Å². The molecule has 2 aromatic rings. The smallest absolute Gasteiger partial charge is 0.240 e. The van der Waals surface area contributed by atoms with Crippen molar-refractivity contribution in [3.63, 3.8) is 0 Å². The lowest BCUT2D eigenvalue weighted by atomic mass is 10.0. The zero-order valence-electron chi connectivity index (χ0n) is 14.4. The Balaban J connectivity index is 1.58. The normalized spacial score (nSPS) is 14.0. The number of nitrogens with zero attached hydrogens (tertiary/aromatic N) is 1. The number of anilines is 1. The highest BCUT2D eigenvalue weighted by Crippen LogP contribution is 2.46. The van der Waals surface area contributed by atoms with Crippen LogP contribution in [-0.4, -0.2) is 18.9 Å². The highest BCUT2D eigenvalue weighted by molar-refractivity contribution is 6.13. The van der Waals surface area contributed by atoms with Crippen molar-refractivity contribution in [3.05, 3.63) is 59.7 Å². The molecule has 0 unspecified atom stereocenters. The number of ether oxygens (including phenoxy) is 1. The molecule has 1 saturated carbocycles. The van der Waals surface area contributed by atoms with Gasteiger partial charge in [0, 0.05) is 12.2 Å². The summed E-state index contributed by atoms with van der Waals surface area (Å²) < 4.78 is 5.10. The monoisotopic (exact) mass is 349 g/mol. The third-order valence-electron chi connectivity index (χ3n) is 4.50. The van der Waals surface area contributed by atoms with Crippen LogP contribution >= 0.6 is 0 Å². The molecule has 2 amide bonds. The average molecular weight is 349 g/mol. The third kappa shape index (κ3) is 3.67. The first kappa shape index (κ1) is 17.5. The molecule has 0 bridgehead atoms. The number of rotatable bonds is 6. The lowest BCUT2D eigenvalue weighted by molar-refractivity contribution is -0.134. The van der Waals surface area contributed by atoms with E-state index in [9.17, 15) is 9.59 Å². The summed E-state index contributed by atoms with van der Waals surface area (Å²) in [5.74, 6) is 0.175. The van der Waals surface area contributed by atoms with Gasteiger partial charge in [-0.25, -0.2) is 0 Å². The van der Waals surface area contributed by atoms with E-state index in [2.05, 4.69) is 10.6 Å². The van der Waals surface area contributed by atoms with E-state index in [1.807, 2.05) is 30.3 Å².